The highest BCUT2D eigenvalue weighted by molar-refractivity contribution is 9.09. The van der Waals surface area contributed by atoms with Crippen molar-refractivity contribution in [3.8, 4) is 0 Å². The van der Waals surface area contributed by atoms with E-state index in [-0.39, 0.29) is 0 Å². The van der Waals surface area contributed by atoms with E-state index in [9.17, 15) is 0 Å². The normalized spacial score (nSPS) is 15.9. The van der Waals surface area contributed by atoms with Crippen LogP contribution in [0.4, 0.5) is 0 Å². The van der Waals surface area contributed by atoms with E-state index in [2.05, 4.69) is 32.0 Å². The van der Waals surface area contributed by atoms with Crippen molar-refractivity contribution in [1.29, 1.82) is 0 Å². The van der Waals surface area contributed by atoms with Gasteiger partial charge in [0.25, 0.3) is 0 Å². The summed E-state index contributed by atoms with van der Waals surface area (Å²) in [5.74, 6) is 0. The fraction of sp³-hybridized carbons (Fsp3) is 0.625. The first-order chi connectivity index (χ1) is 5.43. The topological polar surface area (TPSA) is 15.6 Å². The second kappa shape index (κ2) is 5.35. The Balaban J connectivity index is 2.07. The molecule has 3 heteroatoms. The number of alkyl halides is 1. The molecule has 0 N–H and O–H groups in total. The van der Waals surface area contributed by atoms with Crippen LogP contribution in [0.5, 0.6) is 0 Å². The molecule has 0 radical (unpaired) electrons. The molecule has 0 saturated carbocycles. The highest BCUT2D eigenvalue weighted by atomic mass is 79.9. The Labute approximate surface area is 76.1 Å². The predicted molar refractivity (Wildman–Crippen MR) is 52.2 cm³/mol. The predicted octanol–water partition coefficient (Wildman–Crippen LogP) is 2.02. The summed E-state index contributed by atoms with van der Waals surface area (Å²) >= 11 is 3.41. The zero-order valence-corrected chi connectivity index (χ0v) is 8.13. The summed E-state index contributed by atoms with van der Waals surface area (Å²) < 4.78 is 0. The minimum atomic E-state index is 0.832. The lowest BCUT2D eigenvalue weighted by molar-refractivity contribution is 0.378. The fourth-order valence-electron chi connectivity index (χ4n) is 0.975. The van der Waals surface area contributed by atoms with Crippen LogP contribution in [-0.4, -0.2) is 29.7 Å². The quantitative estimate of drug-likeness (QED) is 0.519. The van der Waals surface area contributed by atoms with Crippen molar-refractivity contribution in [3.05, 3.63) is 12.3 Å². The molecule has 0 aromatic heterocycles. The van der Waals surface area contributed by atoms with Crippen LogP contribution in [0.15, 0.2) is 17.3 Å². The van der Waals surface area contributed by atoms with Crippen LogP contribution < -0.4 is 0 Å². The van der Waals surface area contributed by atoms with Gasteiger partial charge >= 0.3 is 0 Å². The van der Waals surface area contributed by atoms with Gasteiger partial charge in [0, 0.05) is 24.3 Å². The summed E-state index contributed by atoms with van der Waals surface area (Å²) in [5.41, 5.74) is 0. The lowest BCUT2D eigenvalue weighted by Gasteiger charge is -2.18. The van der Waals surface area contributed by atoms with Gasteiger partial charge in [0.2, 0.25) is 0 Å². The molecule has 0 bridgehead atoms. The summed E-state index contributed by atoms with van der Waals surface area (Å²) in [7, 11) is 0. The van der Waals surface area contributed by atoms with Crippen LogP contribution in [0.3, 0.4) is 0 Å². The van der Waals surface area contributed by atoms with E-state index in [1.165, 1.54) is 12.8 Å². The second-order valence-electron chi connectivity index (χ2n) is 2.52. The van der Waals surface area contributed by atoms with Gasteiger partial charge in [-0.2, -0.15) is 0 Å². The molecular weight excluding hydrogens is 204 g/mol. The van der Waals surface area contributed by atoms with E-state index in [1.54, 1.807) is 0 Å². The number of aliphatic imine (C=N–C) groups is 1. The molecule has 1 aliphatic rings. The van der Waals surface area contributed by atoms with Crippen molar-refractivity contribution in [2.45, 2.75) is 12.8 Å². The molecule has 0 aromatic carbocycles. The molecule has 1 rings (SSSR count). The summed E-state index contributed by atoms with van der Waals surface area (Å²) in [6.07, 6.45) is 8.42. The van der Waals surface area contributed by atoms with E-state index in [0.29, 0.717) is 0 Å². The SMILES string of the molecule is BrCCCCN1C=CC=NC1. The lowest BCUT2D eigenvalue weighted by atomic mass is 10.3. The molecule has 0 fully saturated rings. The Kier molecular flexibility index (Phi) is 4.28. The molecule has 11 heavy (non-hydrogen) atoms. The third-order valence-electron chi connectivity index (χ3n) is 1.58. The number of hydrogen-bond donors (Lipinski definition) is 0. The smallest absolute Gasteiger partial charge is 0.109 e. The average molecular weight is 217 g/mol. The van der Waals surface area contributed by atoms with Gasteiger partial charge in [-0.1, -0.05) is 15.9 Å². The second-order valence-corrected chi connectivity index (χ2v) is 3.32. The molecule has 1 aliphatic heterocycles. The highest BCUT2D eigenvalue weighted by Gasteiger charge is 1.98. The van der Waals surface area contributed by atoms with Crippen LogP contribution in [0.1, 0.15) is 12.8 Å². The van der Waals surface area contributed by atoms with Gasteiger partial charge in [-0.05, 0) is 18.9 Å². The van der Waals surface area contributed by atoms with Crippen molar-refractivity contribution in [2.75, 3.05) is 18.5 Å². The molecule has 0 aliphatic carbocycles. The fourth-order valence-corrected chi connectivity index (χ4v) is 1.37. The summed E-state index contributed by atoms with van der Waals surface area (Å²) in [5, 5.41) is 1.10. The van der Waals surface area contributed by atoms with Crippen molar-refractivity contribution >= 4 is 22.1 Å². The highest BCUT2D eigenvalue weighted by Crippen LogP contribution is 2.00. The molecular formula is C8H13BrN2. The number of hydrogen-bond acceptors (Lipinski definition) is 2. The van der Waals surface area contributed by atoms with Gasteiger partial charge in [-0.25, -0.2) is 0 Å². The van der Waals surface area contributed by atoms with Crippen LogP contribution in [0.25, 0.3) is 0 Å². The van der Waals surface area contributed by atoms with Crippen LogP contribution in [0, 0.1) is 0 Å². The molecule has 62 valence electrons. The number of unbranched alkanes of at least 4 members (excludes halogenated alkanes) is 1. The first kappa shape index (κ1) is 8.78. The van der Waals surface area contributed by atoms with E-state index < -0.39 is 0 Å². The molecule has 0 aromatic rings. The Bertz CT molecular complexity index is 154. The monoisotopic (exact) mass is 216 g/mol. The third-order valence-corrected chi connectivity index (χ3v) is 2.14. The number of allylic oxidation sites excluding steroid dienone is 1. The van der Waals surface area contributed by atoms with Gasteiger partial charge in [0.1, 0.15) is 6.67 Å². The molecule has 0 amide bonds. The van der Waals surface area contributed by atoms with Gasteiger partial charge < -0.3 is 4.90 Å². The Morgan fingerprint density at radius 1 is 1.45 bits per heavy atom. The minimum absolute atomic E-state index is 0.832. The summed E-state index contributed by atoms with van der Waals surface area (Å²) in [4.78, 5) is 6.36. The first-order valence-corrected chi connectivity index (χ1v) is 5.02. The van der Waals surface area contributed by atoms with Crippen molar-refractivity contribution in [2.24, 2.45) is 4.99 Å². The molecule has 0 unspecified atom stereocenters. The lowest BCUT2D eigenvalue weighted by Crippen LogP contribution is -2.20. The molecule has 0 atom stereocenters. The zero-order chi connectivity index (χ0) is 7.94. The van der Waals surface area contributed by atoms with Crippen molar-refractivity contribution in [3.63, 3.8) is 0 Å². The number of halogens is 1. The third kappa shape index (κ3) is 3.56. The summed E-state index contributed by atoms with van der Waals surface area (Å²) in [6.45, 7) is 1.96. The van der Waals surface area contributed by atoms with Gasteiger partial charge in [-0.15, -0.1) is 0 Å². The van der Waals surface area contributed by atoms with E-state index in [4.69, 9.17) is 0 Å². The first-order valence-electron chi connectivity index (χ1n) is 3.90. The van der Waals surface area contributed by atoms with Crippen LogP contribution in [-0.2, 0) is 0 Å². The van der Waals surface area contributed by atoms with E-state index >= 15 is 0 Å². The summed E-state index contributed by atoms with van der Waals surface area (Å²) in [6, 6.07) is 0. The van der Waals surface area contributed by atoms with Gasteiger partial charge in [0.05, 0.1) is 0 Å². The average Bonchev–Trinajstić information content (AvgIpc) is 2.07. The van der Waals surface area contributed by atoms with Crippen LogP contribution >= 0.6 is 15.9 Å². The standard InChI is InChI=1S/C8H13BrN2/c9-4-1-2-6-11-7-3-5-10-8-11/h3,5,7H,1-2,4,6,8H2. The van der Waals surface area contributed by atoms with E-state index in [0.717, 1.165) is 18.5 Å². The largest absolute Gasteiger partial charge is 0.358 e. The Morgan fingerprint density at radius 3 is 3.00 bits per heavy atom. The number of nitrogens with zero attached hydrogens (tertiary/aromatic N) is 2. The molecule has 1 heterocycles. The van der Waals surface area contributed by atoms with Gasteiger partial charge in [-0.3, -0.25) is 4.99 Å². The zero-order valence-electron chi connectivity index (χ0n) is 6.54. The van der Waals surface area contributed by atoms with Crippen molar-refractivity contribution < 1.29 is 0 Å². The maximum atomic E-state index is 4.14. The molecule has 0 spiro atoms. The Hall–Kier alpha value is -0.310. The van der Waals surface area contributed by atoms with Crippen LogP contribution in [0.2, 0.25) is 0 Å². The minimum Gasteiger partial charge on any atom is -0.358 e. The number of rotatable bonds is 4. The maximum absolute atomic E-state index is 4.14. The molecule has 0 saturated heterocycles. The molecule has 2 nitrogen and oxygen atoms in total. The Morgan fingerprint density at radius 2 is 2.36 bits per heavy atom. The maximum Gasteiger partial charge on any atom is 0.109 e. The van der Waals surface area contributed by atoms with Gasteiger partial charge in [0.15, 0.2) is 0 Å². The van der Waals surface area contributed by atoms with Crippen molar-refractivity contribution in [1.82, 2.24) is 4.90 Å². The van der Waals surface area contributed by atoms with E-state index in [1.807, 2.05) is 12.3 Å².